The van der Waals surface area contributed by atoms with Crippen LogP contribution in [-0.2, 0) is 6.42 Å². The van der Waals surface area contributed by atoms with E-state index in [0.29, 0.717) is 13.2 Å². The van der Waals surface area contributed by atoms with Gasteiger partial charge in [-0.05, 0) is 31.9 Å². The standard InChI is InChI=1S/C21H24O2/c1-4-9-15-12-13-18-19(14-15)21(23-6-3)17-11-8-7-10-16(17)20(18)22-5-2/h7-8,10-14H,4-6,9H2,1-3H3. The van der Waals surface area contributed by atoms with Crippen LogP contribution in [0.4, 0.5) is 0 Å². The third-order valence-electron chi connectivity index (χ3n) is 4.11. The summed E-state index contributed by atoms with van der Waals surface area (Å²) in [6.45, 7) is 7.59. The first kappa shape index (κ1) is 15.7. The maximum Gasteiger partial charge on any atom is 0.135 e. The van der Waals surface area contributed by atoms with Gasteiger partial charge in [0.25, 0.3) is 0 Å². The van der Waals surface area contributed by atoms with Crippen molar-refractivity contribution in [2.45, 2.75) is 33.6 Å². The summed E-state index contributed by atoms with van der Waals surface area (Å²) in [4.78, 5) is 0. The lowest BCUT2D eigenvalue weighted by molar-refractivity contribution is 0.342. The lowest BCUT2D eigenvalue weighted by atomic mass is 9.97. The van der Waals surface area contributed by atoms with Crippen LogP contribution in [0.5, 0.6) is 11.5 Å². The molecule has 0 aliphatic carbocycles. The third-order valence-corrected chi connectivity index (χ3v) is 4.11. The molecule has 3 aromatic rings. The van der Waals surface area contributed by atoms with Crippen molar-refractivity contribution in [3.8, 4) is 11.5 Å². The van der Waals surface area contributed by atoms with Gasteiger partial charge in [-0.25, -0.2) is 0 Å². The first-order chi connectivity index (χ1) is 11.3. The van der Waals surface area contributed by atoms with Crippen LogP contribution in [0.3, 0.4) is 0 Å². The van der Waals surface area contributed by atoms with E-state index in [1.165, 1.54) is 5.56 Å². The molecule has 0 aromatic heterocycles. The molecule has 0 saturated carbocycles. The molecule has 2 heteroatoms. The molecule has 0 bridgehead atoms. The lowest BCUT2D eigenvalue weighted by Gasteiger charge is -2.17. The van der Waals surface area contributed by atoms with Gasteiger partial charge in [-0.1, -0.05) is 49.7 Å². The van der Waals surface area contributed by atoms with E-state index in [9.17, 15) is 0 Å². The molecule has 0 aliphatic rings. The van der Waals surface area contributed by atoms with Gasteiger partial charge in [-0.2, -0.15) is 0 Å². The fraction of sp³-hybridized carbons (Fsp3) is 0.333. The highest BCUT2D eigenvalue weighted by atomic mass is 16.5. The zero-order valence-electron chi connectivity index (χ0n) is 14.2. The van der Waals surface area contributed by atoms with Gasteiger partial charge in [0.05, 0.1) is 13.2 Å². The number of hydrogen-bond acceptors (Lipinski definition) is 2. The van der Waals surface area contributed by atoms with Gasteiger partial charge in [-0.15, -0.1) is 0 Å². The smallest absolute Gasteiger partial charge is 0.135 e. The van der Waals surface area contributed by atoms with Crippen molar-refractivity contribution >= 4 is 21.5 Å². The van der Waals surface area contributed by atoms with Crippen molar-refractivity contribution in [3.63, 3.8) is 0 Å². The zero-order chi connectivity index (χ0) is 16.2. The van der Waals surface area contributed by atoms with Crippen LogP contribution >= 0.6 is 0 Å². The summed E-state index contributed by atoms with van der Waals surface area (Å²) in [5.41, 5.74) is 1.35. The highest BCUT2D eigenvalue weighted by Crippen LogP contribution is 2.43. The monoisotopic (exact) mass is 308 g/mol. The second-order valence-corrected chi connectivity index (χ2v) is 5.70. The molecule has 120 valence electrons. The van der Waals surface area contributed by atoms with E-state index in [4.69, 9.17) is 9.47 Å². The first-order valence-corrected chi connectivity index (χ1v) is 8.53. The largest absolute Gasteiger partial charge is 0.493 e. The Morgan fingerprint density at radius 1 is 0.696 bits per heavy atom. The van der Waals surface area contributed by atoms with Gasteiger partial charge in [-0.3, -0.25) is 0 Å². The minimum Gasteiger partial charge on any atom is -0.493 e. The average molecular weight is 308 g/mol. The highest BCUT2D eigenvalue weighted by molar-refractivity contribution is 6.11. The van der Waals surface area contributed by atoms with Crippen LogP contribution in [0.15, 0.2) is 42.5 Å². The van der Waals surface area contributed by atoms with Crippen molar-refractivity contribution < 1.29 is 9.47 Å². The molecule has 3 rings (SSSR count). The van der Waals surface area contributed by atoms with Crippen LogP contribution in [0.2, 0.25) is 0 Å². The highest BCUT2D eigenvalue weighted by Gasteiger charge is 2.15. The molecule has 0 unspecified atom stereocenters. The van der Waals surface area contributed by atoms with Crippen LogP contribution in [0.1, 0.15) is 32.8 Å². The van der Waals surface area contributed by atoms with Crippen LogP contribution in [0, 0.1) is 0 Å². The van der Waals surface area contributed by atoms with E-state index < -0.39 is 0 Å². The summed E-state index contributed by atoms with van der Waals surface area (Å²) in [5.74, 6) is 1.93. The van der Waals surface area contributed by atoms with Crippen LogP contribution in [0.25, 0.3) is 21.5 Å². The quantitative estimate of drug-likeness (QED) is 0.540. The van der Waals surface area contributed by atoms with E-state index in [1.807, 2.05) is 13.8 Å². The molecule has 23 heavy (non-hydrogen) atoms. The molecule has 0 spiro atoms. The van der Waals surface area contributed by atoms with Gasteiger partial charge in [0.1, 0.15) is 11.5 Å². The fourth-order valence-corrected chi connectivity index (χ4v) is 3.19. The Morgan fingerprint density at radius 3 is 1.83 bits per heavy atom. The van der Waals surface area contributed by atoms with Gasteiger partial charge < -0.3 is 9.47 Å². The first-order valence-electron chi connectivity index (χ1n) is 8.53. The molecule has 2 nitrogen and oxygen atoms in total. The summed E-state index contributed by atoms with van der Waals surface area (Å²) in [6, 6.07) is 15.0. The van der Waals surface area contributed by atoms with E-state index in [2.05, 4.69) is 49.4 Å². The van der Waals surface area contributed by atoms with Crippen LogP contribution < -0.4 is 9.47 Å². The van der Waals surface area contributed by atoms with Gasteiger partial charge >= 0.3 is 0 Å². The fourth-order valence-electron chi connectivity index (χ4n) is 3.19. The number of hydrogen-bond donors (Lipinski definition) is 0. The number of benzene rings is 3. The number of aryl methyl sites for hydroxylation is 1. The number of ether oxygens (including phenoxy) is 2. The topological polar surface area (TPSA) is 18.5 Å². The van der Waals surface area contributed by atoms with Crippen molar-refractivity contribution in [2.75, 3.05) is 13.2 Å². The molecule has 0 radical (unpaired) electrons. The van der Waals surface area contributed by atoms with E-state index in [-0.39, 0.29) is 0 Å². The number of fused-ring (bicyclic) bond motifs is 2. The summed E-state index contributed by atoms with van der Waals surface area (Å²) in [5, 5.41) is 4.53. The Bertz CT molecular complexity index is 821. The summed E-state index contributed by atoms with van der Waals surface area (Å²) in [7, 11) is 0. The lowest BCUT2D eigenvalue weighted by Crippen LogP contribution is -1.99. The van der Waals surface area contributed by atoms with Gasteiger partial charge in [0.15, 0.2) is 0 Å². The maximum absolute atomic E-state index is 6.04. The van der Waals surface area contributed by atoms with Gasteiger partial charge in [0, 0.05) is 21.5 Å². The molecule has 0 atom stereocenters. The van der Waals surface area contributed by atoms with Crippen LogP contribution in [-0.4, -0.2) is 13.2 Å². The molecule has 0 N–H and O–H groups in total. The summed E-state index contributed by atoms with van der Waals surface area (Å²) < 4.78 is 12.1. The van der Waals surface area contributed by atoms with Crippen molar-refractivity contribution in [1.29, 1.82) is 0 Å². The molecular weight excluding hydrogens is 284 g/mol. The van der Waals surface area contributed by atoms with E-state index >= 15 is 0 Å². The second kappa shape index (κ2) is 6.91. The number of rotatable bonds is 6. The summed E-state index contributed by atoms with van der Waals surface area (Å²) in [6.07, 6.45) is 2.22. The minimum atomic E-state index is 0.657. The molecule has 0 saturated heterocycles. The second-order valence-electron chi connectivity index (χ2n) is 5.70. The third kappa shape index (κ3) is 2.86. The Balaban J connectivity index is 2.40. The predicted molar refractivity (Wildman–Crippen MR) is 97.8 cm³/mol. The molecular formula is C21H24O2. The molecule has 0 aliphatic heterocycles. The normalized spacial score (nSPS) is 11.1. The molecule has 0 heterocycles. The maximum atomic E-state index is 6.04. The Labute approximate surface area is 138 Å². The minimum absolute atomic E-state index is 0.657. The molecule has 0 amide bonds. The Hall–Kier alpha value is -2.22. The predicted octanol–water partition coefficient (Wildman–Crippen LogP) is 5.74. The molecule has 3 aromatic carbocycles. The van der Waals surface area contributed by atoms with Crippen molar-refractivity contribution in [2.24, 2.45) is 0 Å². The summed E-state index contributed by atoms with van der Waals surface area (Å²) >= 11 is 0. The van der Waals surface area contributed by atoms with Gasteiger partial charge in [0.2, 0.25) is 0 Å². The Kier molecular flexibility index (Phi) is 4.71. The van der Waals surface area contributed by atoms with E-state index in [1.54, 1.807) is 0 Å². The SMILES string of the molecule is CCCc1ccc2c(OCC)c3ccccc3c(OCC)c2c1. The van der Waals surface area contributed by atoms with E-state index in [0.717, 1.165) is 45.9 Å². The van der Waals surface area contributed by atoms with Crippen molar-refractivity contribution in [3.05, 3.63) is 48.0 Å². The molecule has 0 fully saturated rings. The average Bonchev–Trinajstić information content (AvgIpc) is 2.58. The zero-order valence-corrected chi connectivity index (χ0v) is 14.2. The Morgan fingerprint density at radius 2 is 1.26 bits per heavy atom. The van der Waals surface area contributed by atoms with Crippen molar-refractivity contribution in [1.82, 2.24) is 0 Å².